The second-order valence-electron chi connectivity index (χ2n) is 9.34. The molecule has 0 unspecified atom stereocenters. The summed E-state index contributed by atoms with van der Waals surface area (Å²) in [4.78, 5) is 6.98. The van der Waals surface area contributed by atoms with E-state index in [9.17, 15) is 0 Å². The second-order valence-corrected chi connectivity index (χ2v) is 9.73. The highest BCUT2D eigenvalue weighted by atomic mass is 32.1. The molecule has 4 nitrogen and oxygen atoms in total. The van der Waals surface area contributed by atoms with Crippen LogP contribution in [0.3, 0.4) is 0 Å². The van der Waals surface area contributed by atoms with E-state index in [4.69, 9.17) is 17.2 Å². The average molecular weight is 467 g/mol. The van der Waals surface area contributed by atoms with Gasteiger partial charge in [0.25, 0.3) is 0 Å². The van der Waals surface area contributed by atoms with Gasteiger partial charge in [0.1, 0.15) is 0 Å². The molecule has 2 atom stereocenters. The molecule has 172 valence electrons. The Morgan fingerprint density at radius 2 is 1.50 bits per heavy atom. The van der Waals surface area contributed by atoms with Crippen molar-refractivity contribution in [3.8, 4) is 5.69 Å². The SMILES string of the molecule is Cc1ccc(-n2c(C)cc([C@@H]3[C@@H](c4ccccn4)NC(=S)N3c3cc(C)cc(C)c3)c2C)cc1. The highest BCUT2D eigenvalue weighted by Gasteiger charge is 2.42. The summed E-state index contributed by atoms with van der Waals surface area (Å²) in [7, 11) is 0. The Morgan fingerprint density at radius 3 is 2.15 bits per heavy atom. The van der Waals surface area contributed by atoms with Gasteiger partial charge in [-0.25, -0.2) is 0 Å². The van der Waals surface area contributed by atoms with Gasteiger partial charge in [-0.3, -0.25) is 4.98 Å². The Balaban J connectivity index is 1.69. The van der Waals surface area contributed by atoms with E-state index in [1.807, 2.05) is 18.3 Å². The summed E-state index contributed by atoms with van der Waals surface area (Å²) in [6, 6.07) is 23.6. The first-order valence-corrected chi connectivity index (χ1v) is 12.1. The molecule has 2 aromatic heterocycles. The number of nitrogens with zero attached hydrogens (tertiary/aromatic N) is 3. The van der Waals surface area contributed by atoms with Crippen molar-refractivity contribution in [2.75, 3.05) is 4.90 Å². The summed E-state index contributed by atoms with van der Waals surface area (Å²) >= 11 is 5.93. The van der Waals surface area contributed by atoms with Gasteiger partial charge in [0, 0.05) is 29.0 Å². The molecule has 3 heterocycles. The maximum Gasteiger partial charge on any atom is 0.174 e. The van der Waals surface area contributed by atoms with Crippen LogP contribution >= 0.6 is 12.2 Å². The molecular formula is C29H30N4S. The van der Waals surface area contributed by atoms with Gasteiger partial charge < -0.3 is 14.8 Å². The lowest BCUT2D eigenvalue weighted by atomic mass is 9.96. The number of aromatic nitrogens is 2. The van der Waals surface area contributed by atoms with E-state index in [2.05, 4.69) is 104 Å². The Bertz CT molecular complexity index is 1330. The summed E-state index contributed by atoms with van der Waals surface area (Å²) in [6.45, 7) is 10.8. The van der Waals surface area contributed by atoms with Crippen LogP contribution < -0.4 is 10.2 Å². The van der Waals surface area contributed by atoms with E-state index in [1.165, 1.54) is 39.3 Å². The fourth-order valence-electron chi connectivity index (χ4n) is 5.22. The molecule has 1 aliphatic heterocycles. The molecule has 0 amide bonds. The number of anilines is 1. The molecule has 2 aromatic carbocycles. The fraction of sp³-hybridized carbons (Fsp3) is 0.241. The van der Waals surface area contributed by atoms with Crippen molar-refractivity contribution >= 4 is 23.0 Å². The largest absolute Gasteiger partial charge is 0.351 e. The first kappa shape index (κ1) is 22.4. The predicted octanol–water partition coefficient (Wildman–Crippen LogP) is 6.59. The summed E-state index contributed by atoms with van der Waals surface area (Å²) in [5.41, 5.74) is 10.6. The molecule has 5 rings (SSSR count). The lowest BCUT2D eigenvalue weighted by Gasteiger charge is -2.29. The zero-order valence-corrected chi connectivity index (χ0v) is 21.1. The molecule has 0 aliphatic carbocycles. The van der Waals surface area contributed by atoms with Crippen LogP contribution in [-0.2, 0) is 0 Å². The Kier molecular flexibility index (Phi) is 5.74. The monoisotopic (exact) mass is 466 g/mol. The number of aryl methyl sites for hydroxylation is 4. The highest BCUT2D eigenvalue weighted by molar-refractivity contribution is 7.80. The van der Waals surface area contributed by atoms with Crippen molar-refractivity contribution in [3.63, 3.8) is 0 Å². The molecule has 5 heteroatoms. The van der Waals surface area contributed by atoms with E-state index in [1.54, 1.807) is 0 Å². The zero-order chi connectivity index (χ0) is 24.0. The van der Waals surface area contributed by atoms with Crippen LogP contribution in [0.2, 0.25) is 0 Å². The van der Waals surface area contributed by atoms with Crippen LogP contribution in [0.25, 0.3) is 5.69 Å². The van der Waals surface area contributed by atoms with Crippen molar-refractivity contribution < 1.29 is 0 Å². The first-order valence-electron chi connectivity index (χ1n) is 11.7. The molecule has 0 spiro atoms. The van der Waals surface area contributed by atoms with E-state index in [0.29, 0.717) is 0 Å². The maximum absolute atomic E-state index is 5.93. The van der Waals surface area contributed by atoms with Crippen LogP contribution in [0.1, 0.15) is 51.4 Å². The minimum absolute atomic E-state index is 0.0194. The number of thiocarbonyl (C=S) groups is 1. The molecule has 0 saturated carbocycles. The minimum Gasteiger partial charge on any atom is -0.351 e. The van der Waals surface area contributed by atoms with Crippen LogP contribution in [0.4, 0.5) is 5.69 Å². The maximum atomic E-state index is 5.93. The summed E-state index contributed by atoms with van der Waals surface area (Å²) in [5, 5.41) is 4.32. The van der Waals surface area contributed by atoms with E-state index in [0.717, 1.165) is 16.5 Å². The Morgan fingerprint density at radius 1 is 0.794 bits per heavy atom. The van der Waals surface area contributed by atoms with Crippen LogP contribution in [0.15, 0.2) is 72.9 Å². The number of hydrogen-bond acceptors (Lipinski definition) is 2. The minimum atomic E-state index is -0.0542. The van der Waals surface area contributed by atoms with Gasteiger partial charge in [-0.2, -0.15) is 0 Å². The Hall–Kier alpha value is -3.44. The van der Waals surface area contributed by atoms with Gasteiger partial charge in [0.15, 0.2) is 5.11 Å². The zero-order valence-electron chi connectivity index (χ0n) is 20.3. The average Bonchev–Trinajstić information content (AvgIpc) is 3.30. The Labute approximate surface area is 207 Å². The predicted molar refractivity (Wildman–Crippen MR) is 144 cm³/mol. The molecular weight excluding hydrogens is 436 g/mol. The van der Waals surface area contributed by atoms with Gasteiger partial charge in [0.05, 0.1) is 17.8 Å². The topological polar surface area (TPSA) is 33.1 Å². The fourth-order valence-corrected chi connectivity index (χ4v) is 5.56. The van der Waals surface area contributed by atoms with Gasteiger partial charge in [-0.05, 0) is 106 Å². The normalized spacial score (nSPS) is 17.8. The van der Waals surface area contributed by atoms with Crippen molar-refractivity contribution in [3.05, 3.63) is 112 Å². The van der Waals surface area contributed by atoms with Crippen LogP contribution in [0, 0.1) is 34.6 Å². The summed E-state index contributed by atoms with van der Waals surface area (Å²) < 4.78 is 2.34. The first-order chi connectivity index (χ1) is 16.3. The second kappa shape index (κ2) is 8.73. The van der Waals surface area contributed by atoms with E-state index >= 15 is 0 Å². The van der Waals surface area contributed by atoms with Crippen LogP contribution in [0.5, 0.6) is 0 Å². The molecule has 4 aromatic rings. The van der Waals surface area contributed by atoms with Crippen molar-refractivity contribution in [2.45, 2.75) is 46.7 Å². The molecule has 34 heavy (non-hydrogen) atoms. The summed E-state index contributed by atoms with van der Waals surface area (Å²) in [6.07, 6.45) is 1.85. The van der Waals surface area contributed by atoms with Crippen molar-refractivity contribution in [1.82, 2.24) is 14.9 Å². The quantitative estimate of drug-likeness (QED) is 0.344. The smallest absolute Gasteiger partial charge is 0.174 e. The molecule has 0 radical (unpaired) electrons. The number of nitrogens with one attached hydrogen (secondary N) is 1. The van der Waals surface area contributed by atoms with Gasteiger partial charge in [-0.15, -0.1) is 0 Å². The number of hydrogen-bond donors (Lipinski definition) is 1. The molecule has 1 aliphatic rings. The lowest BCUT2D eigenvalue weighted by molar-refractivity contribution is 0.565. The van der Waals surface area contributed by atoms with Gasteiger partial charge in [-0.1, -0.05) is 29.8 Å². The number of rotatable bonds is 4. The molecule has 0 bridgehead atoms. The molecule has 1 N–H and O–H groups in total. The lowest BCUT2D eigenvalue weighted by Crippen LogP contribution is -2.29. The van der Waals surface area contributed by atoms with Crippen molar-refractivity contribution in [2.24, 2.45) is 0 Å². The highest BCUT2D eigenvalue weighted by Crippen LogP contribution is 2.44. The molecule has 1 fully saturated rings. The third-order valence-corrected chi connectivity index (χ3v) is 6.98. The number of pyridine rings is 1. The van der Waals surface area contributed by atoms with Gasteiger partial charge >= 0.3 is 0 Å². The van der Waals surface area contributed by atoms with E-state index in [-0.39, 0.29) is 12.1 Å². The summed E-state index contributed by atoms with van der Waals surface area (Å²) in [5.74, 6) is 0. The van der Waals surface area contributed by atoms with E-state index < -0.39 is 0 Å². The van der Waals surface area contributed by atoms with Gasteiger partial charge in [0.2, 0.25) is 0 Å². The van der Waals surface area contributed by atoms with Crippen molar-refractivity contribution in [1.29, 1.82) is 0 Å². The number of benzene rings is 2. The van der Waals surface area contributed by atoms with Crippen LogP contribution in [-0.4, -0.2) is 14.7 Å². The molecule has 1 saturated heterocycles. The standard InChI is InChI=1S/C29H30N4S/c1-18-9-11-23(12-10-18)32-21(4)17-25(22(32)5)28-27(26-8-6-7-13-30-26)31-29(34)33(28)24-15-19(2)14-20(3)16-24/h6-17,27-28H,1-5H3,(H,31,34)/t27-,28-/m1/s1. The third-order valence-electron chi connectivity index (χ3n) is 6.66. The third kappa shape index (κ3) is 3.90.